The lowest BCUT2D eigenvalue weighted by atomic mass is 9.94. The Morgan fingerprint density at radius 3 is 1.94 bits per heavy atom. The fourth-order valence-electron chi connectivity index (χ4n) is 4.76. The van der Waals surface area contributed by atoms with E-state index in [1.807, 2.05) is 34.6 Å². The SMILES string of the molecule is CC.CC(=O)OCc1ccc(NC(=O)CNC(=O)C(NC(=O)Cc2ccc(N3C(=O)CC(C(C)C)C3=O)cc2)C(C)C)cc1.CCCNC(N)=O. The molecule has 2 aromatic carbocycles. The Morgan fingerprint density at radius 1 is 0.882 bits per heavy atom. The molecule has 0 radical (unpaired) electrons. The molecule has 0 bridgehead atoms. The summed E-state index contributed by atoms with van der Waals surface area (Å²) in [5.41, 5.74) is 7.12. The number of carbonyl (C=O) groups is 7. The maximum absolute atomic E-state index is 12.8. The van der Waals surface area contributed by atoms with Crippen LogP contribution in [0.5, 0.6) is 0 Å². The van der Waals surface area contributed by atoms with Gasteiger partial charge in [-0.05, 0) is 53.6 Å². The average molecular weight is 711 g/mol. The molecule has 14 nitrogen and oxygen atoms in total. The number of amides is 7. The van der Waals surface area contributed by atoms with E-state index >= 15 is 0 Å². The van der Waals surface area contributed by atoms with E-state index in [1.165, 1.54) is 11.8 Å². The Labute approximate surface area is 300 Å². The minimum absolute atomic E-state index is 0.0127. The van der Waals surface area contributed by atoms with Gasteiger partial charge in [0.15, 0.2) is 0 Å². The van der Waals surface area contributed by atoms with Crippen molar-refractivity contribution in [1.29, 1.82) is 0 Å². The van der Waals surface area contributed by atoms with Crippen molar-refractivity contribution in [2.24, 2.45) is 23.5 Å². The molecule has 2 unspecified atom stereocenters. The quantitative estimate of drug-likeness (QED) is 0.144. The van der Waals surface area contributed by atoms with Crippen molar-refractivity contribution in [3.05, 3.63) is 59.7 Å². The molecule has 0 aliphatic carbocycles. The first-order valence-corrected chi connectivity index (χ1v) is 17.2. The molecule has 1 heterocycles. The summed E-state index contributed by atoms with van der Waals surface area (Å²) in [5.74, 6) is -2.68. The third-order valence-corrected chi connectivity index (χ3v) is 7.46. The molecule has 7 amide bonds. The minimum atomic E-state index is -0.863. The molecule has 1 saturated heterocycles. The largest absolute Gasteiger partial charge is 0.461 e. The molecule has 1 fully saturated rings. The van der Waals surface area contributed by atoms with Crippen molar-refractivity contribution in [3.8, 4) is 0 Å². The molecule has 0 aromatic heterocycles. The summed E-state index contributed by atoms with van der Waals surface area (Å²) in [6.45, 7) is 15.2. The van der Waals surface area contributed by atoms with Crippen LogP contribution >= 0.6 is 0 Å². The predicted octanol–water partition coefficient (Wildman–Crippen LogP) is 3.81. The van der Waals surface area contributed by atoms with Crippen LogP contribution in [-0.2, 0) is 46.5 Å². The zero-order valence-electron chi connectivity index (χ0n) is 31.0. The van der Waals surface area contributed by atoms with Gasteiger partial charge in [-0.25, -0.2) is 4.79 Å². The van der Waals surface area contributed by atoms with Crippen molar-refractivity contribution in [3.63, 3.8) is 0 Å². The Balaban J connectivity index is 0.00000129. The molecule has 51 heavy (non-hydrogen) atoms. The Kier molecular flexibility index (Phi) is 19.3. The van der Waals surface area contributed by atoms with E-state index in [1.54, 1.807) is 62.4 Å². The van der Waals surface area contributed by atoms with Crippen LogP contribution in [0, 0.1) is 17.8 Å². The third-order valence-electron chi connectivity index (χ3n) is 7.46. The maximum Gasteiger partial charge on any atom is 0.312 e. The molecule has 2 atom stereocenters. The molecule has 14 heteroatoms. The summed E-state index contributed by atoms with van der Waals surface area (Å²) in [6, 6.07) is 12.1. The Morgan fingerprint density at radius 2 is 1.47 bits per heavy atom. The van der Waals surface area contributed by atoms with Gasteiger partial charge in [-0.2, -0.15) is 0 Å². The summed E-state index contributed by atoms with van der Waals surface area (Å²) >= 11 is 0. The monoisotopic (exact) mass is 710 g/mol. The molecular formula is C37H54N6O8. The van der Waals surface area contributed by atoms with Crippen molar-refractivity contribution >= 4 is 52.9 Å². The standard InChI is InChI=1S/C31H38N4O7.C4H10N2O.C2H6/c1-18(2)25-15-28(39)35(31(25)41)24-12-8-21(9-13-24)14-26(37)34-29(19(3)4)30(40)32-16-27(38)33-23-10-6-22(7-11-23)17-42-20(5)36;1-2-3-6-4(5)7;1-2/h6-13,18-19,25,29H,14-17H2,1-5H3,(H,32,40)(H,33,38)(H,34,37);2-3H2,1H3,(H3,5,6,7);1-2H3. The van der Waals surface area contributed by atoms with Gasteiger partial charge in [0.05, 0.1) is 24.6 Å². The lowest BCUT2D eigenvalue weighted by Crippen LogP contribution is -2.51. The number of esters is 1. The zero-order valence-corrected chi connectivity index (χ0v) is 31.0. The summed E-state index contributed by atoms with van der Waals surface area (Å²) in [6.07, 6.45) is 1.11. The van der Waals surface area contributed by atoms with E-state index in [0.29, 0.717) is 23.5 Å². The summed E-state index contributed by atoms with van der Waals surface area (Å²) in [7, 11) is 0. The van der Waals surface area contributed by atoms with Crippen molar-refractivity contribution < 1.29 is 38.3 Å². The Bertz CT molecular complexity index is 1470. The molecule has 3 rings (SSSR count). The lowest BCUT2D eigenvalue weighted by molar-refractivity contribution is -0.142. The number of carbonyl (C=O) groups excluding carboxylic acids is 7. The number of anilines is 2. The summed E-state index contributed by atoms with van der Waals surface area (Å²) < 4.78 is 4.93. The molecule has 2 aromatic rings. The number of nitrogens with one attached hydrogen (secondary N) is 4. The van der Waals surface area contributed by atoms with E-state index in [-0.39, 0.29) is 67.4 Å². The molecule has 0 spiro atoms. The van der Waals surface area contributed by atoms with Crippen molar-refractivity contribution in [2.45, 2.75) is 87.3 Å². The number of nitrogens with zero attached hydrogens (tertiary/aromatic N) is 1. The number of hydrogen-bond donors (Lipinski definition) is 5. The predicted molar refractivity (Wildman–Crippen MR) is 195 cm³/mol. The second kappa shape index (κ2) is 22.4. The van der Waals surface area contributed by atoms with Crippen LogP contribution in [0.15, 0.2) is 48.5 Å². The van der Waals surface area contributed by atoms with Gasteiger partial charge in [0.2, 0.25) is 29.5 Å². The van der Waals surface area contributed by atoms with Gasteiger partial charge < -0.3 is 31.7 Å². The van der Waals surface area contributed by atoms with Crippen LogP contribution in [0.25, 0.3) is 0 Å². The molecule has 280 valence electrons. The topological polar surface area (TPSA) is 206 Å². The first-order valence-electron chi connectivity index (χ1n) is 17.2. The van der Waals surface area contributed by atoms with Crippen LogP contribution < -0.4 is 31.9 Å². The number of nitrogens with two attached hydrogens (primary N) is 1. The molecule has 1 aliphatic rings. The first-order chi connectivity index (χ1) is 24.1. The molecule has 1 aliphatic heterocycles. The van der Waals surface area contributed by atoms with Gasteiger partial charge in [-0.1, -0.05) is 72.7 Å². The van der Waals surface area contributed by atoms with Crippen LogP contribution in [-0.4, -0.2) is 60.7 Å². The second-order valence-electron chi connectivity index (χ2n) is 12.3. The van der Waals surface area contributed by atoms with Crippen molar-refractivity contribution in [1.82, 2.24) is 16.0 Å². The summed E-state index contributed by atoms with van der Waals surface area (Å²) in [5, 5.41) is 10.4. The second-order valence-corrected chi connectivity index (χ2v) is 12.3. The van der Waals surface area contributed by atoms with Gasteiger partial charge >= 0.3 is 12.0 Å². The van der Waals surface area contributed by atoms with Gasteiger partial charge in [0.25, 0.3) is 0 Å². The van der Waals surface area contributed by atoms with Gasteiger partial charge in [-0.15, -0.1) is 0 Å². The molecular weight excluding hydrogens is 656 g/mol. The number of imide groups is 1. The average Bonchev–Trinajstić information content (AvgIpc) is 3.39. The molecule has 6 N–H and O–H groups in total. The highest BCUT2D eigenvalue weighted by Crippen LogP contribution is 2.30. The highest BCUT2D eigenvalue weighted by Gasteiger charge is 2.40. The van der Waals surface area contributed by atoms with Crippen LogP contribution in [0.4, 0.5) is 16.2 Å². The maximum atomic E-state index is 12.8. The van der Waals surface area contributed by atoms with Gasteiger partial charge in [0, 0.05) is 25.6 Å². The van der Waals surface area contributed by atoms with Gasteiger partial charge in [0.1, 0.15) is 12.6 Å². The lowest BCUT2D eigenvalue weighted by Gasteiger charge is -2.22. The first kappa shape index (κ1) is 43.8. The number of benzene rings is 2. The fourth-order valence-corrected chi connectivity index (χ4v) is 4.76. The van der Waals surface area contributed by atoms with Crippen LogP contribution in [0.2, 0.25) is 0 Å². The van der Waals surface area contributed by atoms with Crippen LogP contribution in [0.3, 0.4) is 0 Å². The molecule has 0 saturated carbocycles. The number of rotatable bonds is 14. The number of urea groups is 1. The third kappa shape index (κ3) is 15.4. The van der Waals surface area contributed by atoms with E-state index in [4.69, 9.17) is 10.5 Å². The number of hydrogen-bond acceptors (Lipinski definition) is 8. The smallest absolute Gasteiger partial charge is 0.312 e. The normalized spacial score (nSPS) is 14.0. The van der Waals surface area contributed by atoms with E-state index in [2.05, 4.69) is 21.3 Å². The Hall–Kier alpha value is -5.27. The van der Waals surface area contributed by atoms with Gasteiger partial charge in [-0.3, -0.25) is 33.7 Å². The van der Waals surface area contributed by atoms with E-state index in [0.717, 1.165) is 12.0 Å². The van der Waals surface area contributed by atoms with Crippen LogP contribution in [0.1, 0.15) is 79.4 Å². The highest BCUT2D eigenvalue weighted by molar-refractivity contribution is 6.21. The minimum Gasteiger partial charge on any atom is -0.461 e. The van der Waals surface area contributed by atoms with E-state index in [9.17, 15) is 33.6 Å². The fraction of sp³-hybridized carbons (Fsp3) is 0.486. The number of ether oxygens (including phenoxy) is 1. The number of primary amides is 1. The summed E-state index contributed by atoms with van der Waals surface area (Å²) in [4.78, 5) is 85.0. The highest BCUT2D eigenvalue weighted by atomic mass is 16.5. The van der Waals surface area contributed by atoms with E-state index < -0.39 is 23.9 Å². The van der Waals surface area contributed by atoms with Crippen molar-refractivity contribution in [2.75, 3.05) is 23.3 Å². The zero-order chi connectivity index (χ0) is 38.7.